The molecule has 2 aromatic heterocycles. The van der Waals surface area contributed by atoms with Gasteiger partial charge in [0.1, 0.15) is 23.2 Å². The summed E-state index contributed by atoms with van der Waals surface area (Å²) in [7, 11) is 0. The Morgan fingerprint density at radius 2 is 1.58 bits per heavy atom. The van der Waals surface area contributed by atoms with Gasteiger partial charge in [0.15, 0.2) is 0 Å². The van der Waals surface area contributed by atoms with E-state index >= 15 is 0 Å². The maximum absolute atomic E-state index is 13.6. The van der Waals surface area contributed by atoms with Gasteiger partial charge in [-0.15, -0.1) is 0 Å². The van der Waals surface area contributed by atoms with Crippen molar-refractivity contribution in [3.05, 3.63) is 112 Å². The number of rotatable bonds is 6. The highest BCUT2D eigenvalue weighted by Crippen LogP contribution is 2.45. The van der Waals surface area contributed by atoms with Crippen LogP contribution in [-0.2, 0) is 5.41 Å². The third-order valence-corrected chi connectivity index (χ3v) is 11.1. The summed E-state index contributed by atoms with van der Waals surface area (Å²) in [5.74, 6) is 0.901. The van der Waals surface area contributed by atoms with Crippen LogP contribution < -0.4 is 5.43 Å². The summed E-state index contributed by atoms with van der Waals surface area (Å²) < 4.78 is 8.18. The fourth-order valence-electron chi connectivity index (χ4n) is 8.80. The number of benzene rings is 3. The Kier molecular flexibility index (Phi) is 7.09. The van der Waals surface area contributed by atoms with Crippen LogP contribution >= 0.6 is 0 Å². The molecule has 45 heavy (non-hydrogen) atoms. The van der Waals surface area contributed by atoms with Gasteiger partial charge in [-0.2, -0.15) is 0 Å². The number of likely N-dealkylation sites (tertiary alicyclic amines) is 1. The molecule has 8 rings (SSSR count). The highest BCUT2D eigenvalue weighted by molar-refractivity contribution is 5.96. The molecule has 7 nitrogen and oxygen atoms in total. The first-order valence-electron chi connectivity index (χ1n) is 16.6. The van der Waals surface area contributed by atoms with E-state index in [4.69, 9.17) is 9.40 Å². The monoisotopic (exact) mass is 600 g/mol. The number of hydrogen-bond acceptors (Lipinski definition) is 5. The Hall–Kier alpha value is -4.23. The summed E-state index contributed by atoms with van der Waals surface area (Å²) in [4.78, 5) is 36.3. The van der Waals surface area contributed by atoms with Crippen LogP contribution in [0.15, 0.2) is 94.3 Å². The minimum absolute atomic E-state index is 0.000475. The van der Waals surface area contributed by atoms with E-state index in [1.807, 2.05) is 11.0 Å². The zero-order valence-electron chi connectivity index (χ0n) is 25.9. The summed E-state index contributed by atoms with van der Waals surface area (Å²) in [5, 5.41) is 0.453. The average molecular weight is 601 g/mol. The van der Waals surface area contributed by atoms with Gasteiger partial charge in [0.25, 0.3) is 5.91 Å². The number of carbonyl (C=O) groups excluding carboxylic acids is 1. The predicted molar refractivity (Wildman–Crippen MR) is 177 cm³/mol. The molecular formula is C38H40N4O3. The van der Waals surface area contributed by atoms with Crippen molar-refractivity contribution in [3.63, 3.8) is 0 Å². The summed E-state index contributed by atoms with van der Waals surface area (Å²) in [6.45, 7) is 4.48. The number of aryl methyl sites for hydroxylation is 1. The van der Waals surface area contributed by atoms with Gasteiger partial charge < -0.3 is 13.9 Å². The lowest BCUT2D eigenvalue weighted by Gasteiger charge is -2.45. The molecule has 5 heterocycles. The molecule has 2 bridgehead atoms. The van der Waals surface area contributed by atoms with E-state index in [1.54, 1.807) is 18.2 Å². The van der Waals surface area contributed by atoms with Crippen molar-refractivity contribution in [1.82, 2.24) is 19.4 Å². The molecule has 7 heteroatoms. The van der Waals surface area contributed by atoms with Crippen LogP contribution in [-0.4, -0.2) is 57.0 Å². The first-order valence-corrected chi connectivity index (χ1v) is 16.6. The van der Waals surface area contributed by atoms with Gasteiger partial charge in [-0.05, 0) is 93.7 Å². The number of imidazole rings is 1. The topological polar surface area (TPSA) is 71.6 Å². The Morgan fingerprint density at radius 1 is 0.889 bits per heavy atom. The second-order valence-corrected chi connectivity index (χ2v) is 13.4. The number of nitrogens with zero attached hydrogens (tertiary/aromatic N) is 4. The van der Waals surface area contributed by atoms with Crippen LogP contribution in [0.4, 0.5) is 0 Å². The first-order chi connectivity index (χ1) is 22.0. The first kappa shape index (κ1) is 28.3. The molecule has 0 N–H and O–H groups in total. The van der Waals surface area contributed by atoms with Crippen molar-refractivity contribution in [2.45, 2.75) is 75.4 Å². The van der Waals surface area contributed by atoms with Crippen LogP contribution in [0, 0.1) is 6.92 Å². The molecule has 3 fully saturated rings. The molecule has 0 spiro atoms. The fourth-order valence-corrected chi connectivity index (χ4v) is 8.80. The van der Waals surface area contributed by atoms with Crippen molar-refractivity contribution in [1.29, 1.82) is 0 Å². The molecule has 230 valence electrons. The molecule has 0 unspecified atom stereocenters. The van der Waals surface area contributed by atoms with Crippen LogP contribution in [0.2, 0.25) is 0 Å². The van der Waals surface area contributed by atoms with Crippen LogP contribution in [0.1, 0.15) is 72.7 Å². The number of para-hydroxylation sites is 3. The van der Waals surface area contributed by atoms with E-state index in [0.29, 0.717) is 42.2 Å². The molecule has 1 amide bonds. The Bertz CT molecular complexity index is 1910. The molecular weight excluding hydrogens is 560 g/mol. The molecule has 0 saturated carbocycles. The van der Waals surface area contributed by atoms with E-state index in [-0.39, 0.29) is 22.3 Å². The smallest absolute Gasteiger partial charge is 0.261 e. The molecule has 3 aliphatic rings. The zero-order valence-corrected chi connectivity index (χ0v) is 25.9. The molecule has 0 aliphatic carbocycles. The number of carbonyl (C=O) groups is 1. The lowest BCUT2D eigenvalue weighted by Crippen LogP contribution is -2.49. The summed E-state index contributed by atoms with van der Waals surface area (Å²) >= 11 is 0. The lowest BCUT2D eigenvalue weighted by molar-refractivity contribution is 0.0604. The average Bonchev–Trinajstić information content (AvgIpc) is 3.54. The van der Waals surface area contributed by atoms with E-state index in [2.05, 4.69) is 71.0 Å². The van der Waals surface area contributed by atoms with E-state index in [0.717, 1.165) is 37.1 Å². The minimum atomic E-state index is -0.250. The predicted octanol–water partition coefficient (Wildman–Crippen LogP) is 6.88. The van der Waals surface area contributed by atoms with E-state index in [1.165, 1.54) is 43.0 Å². The van der Waals surface area contributed by atoms with Crippen LogP contribution in [0.25, 0.3) is 22.0 Å². The molecule has 3 saturated heterocycles. The number of aromatic nitrogens is 2. The quantitative estimate of drug-likeness (QED) is 0.212. The largest absolute Gasteiger partial charge is 0.463 e. The standard InChI is InChI=1S/C38H40N4O3/c1-26-39-33-12-6-7-13-34(33)42(26)30-23-28-15-16-29(24-30)41(28)22-19-38(27-9-3-2-4-10-27)17-20-40(21-18-38)37(44)32-25-45-35-14-8-5-11-31(35)36(32)43/h2-14,25,28-30H,15-24H2,1H3/t28-,29+,30+. The van der Waals surface area contributed by atoms with Crippen molar-refractivity contribution in [2.24, 2.45) is 0 Å². The van der Waals surface area contributed by atoms with Crippen LogP contribution in [0.5, 0.6) is 0 Å². The molecule has 3 aliphatic heterocycles. The third-order valence-electron chi connectivity index (χ3n) is 11.1. The zero-order chi connectivity index (χ0) is 30.5. The van der Waals surface area contributed by atoms with Crippen molar-refractivity contribution < 1.29 is 9.21 Å². The Balaban J connectivity index is 0.989. The van der Waals surface area contributed by atoms with Gasteiger partial charge >= 0.3 is 0 Å². The van der Waals surface area contributed by atoms with E-state index < -0.39 is 0 Å². The molecule has 5 aromatic rings. The Labute approximate surface area is 263 Å². The second-order valence-electron chi connectivity index (χ2n) is 13.4. The molecule has 0 radical (unpaired) electrons. The normalized spacial score (nSPS) is 23.1. The SMILES string of the molecule is Cc1nc2ccccc2n1[C@H]1C[C@H]2CC[C@@H](C1)N2CCC1(c2ccccc2)CCN(C(=O)c2coc3ccccc3c2=O)CC1. The van der Waals surface area contributed by atoms with E-state index in [9.17, 15) is 9.59 Å². The summed E-state index contributed by atoms with van der Waals surface area (Å²) in [6.07, 6.45) is 9.06. The fraction of sp³-hybridized carbons (Fsp3) is 0.395. The number of amides is 1. The third kappa shape index (κ3) is 4.88. The second kappa shape index (κ2) is 11.3. The van der Waals surface area contributed by atoms with Gasteiger partial charge in [-0.1, -0.05) is 54.6 Å². The molecule has 3 atom stereocenters. The van der Waals surface area contributed by atoms with Crippen molar-refractivity contribution in [3.8, 4) is 0 Å². The lowest BCUT2D eigenvalue weighted by atomic mass is 9.70. The van der Waals surface area contributed by atoms with Gasteiger partial charge in [-0.25, -0.2) is 4.98 Å². The highest BCUT2D eigenvalue weighted by atomic mass is 16.3. The van der Waals surface area contributed by atoms with Gasteiger partial charge in [-0.3, -0.25) is 14.5 Å². The minimum Gasteiger partial charge on any atom is -0.463 e. The van der Waals surface area contributed by atoms with Gasteiger partial charge in [0.2, 0.25) is 5.43 Å². The highest BCUT2D eigenvalue weighted by Gasteiger charge is 2.44. The van der Waals surface area contributed by atoms with Crippen molar-refractivity contribution in [2.75, 3.05) is 19.6 Å². The number of piperidine rings is 2. The van der Waals surface area contributed by atoms with Crippen molar-refractivity contribution >= 4 is 27.9 Å². The Morgan fingerprint density at radius 3 is 2.36 bits per heavy atom. The number of hydrogen-bond donors (Lipinski definition) is 0. The summed E-state index contributed by atoms with van der Waals surface area (Å²) in [6, 6.07) is 28.3. The summed E-state index contributed by atoms with van der Waals surface area (Å²) in [5.41, 5.74) is 4.11. The van der Waals surface area contributed by atoms with Crippen LogP contribution in [0.3, 0.4) is 0 Å². The maximum Gasteiger partial charge on any atom is 0.261 e. The maximum atomic E-state index is 13.6. The van der Waals surface area contributed by atoms with Gasteiger partial charge in [0, 0.05) is 31.2 Å². The molecule has 3 aromatic carbocycles. The van der Waals surface area contributed by atoms with Gasteiger partial charge in [0.05, 0.1) is 16.4 Å². The number of fused-ring (bicyclic) bond motifs is 4.